The Balaban J connectivity index is 1.49. The van der Waals surface area contributed by atoms with E-state index in [4.69, 9.17) is 4.42 Å². The van der Waals surface area contributed by atoms with Crippen LogP contribution in [0, 0.1) is 0 Å². The first-order valence-electron chi connectivity index (χ1n) is 10.8. The quantitative estimate of drug-likeness (QED) is 0.362. The van der Waals surface area contributed by atoms with E-state index in [0.717, 1.165) is 12.1 Å². The third kappa shape index (κ3) is 4.65. The summed E-state index contributed by atoms with van der Waals surface area (Å²) in [6, 6.07) is 10.1. The second kappa shape index (κ2) is 9.32. The van der Waals surface area contributed by atoms with Crippen LogP contribution in [-0.4, -0.2) is 36.1 Å². The molecule has 8 nitrogen and oxygen atoms in total. The first-order valence-corrected chi connectivity index (χ1v) is 10.8. The van der Waals surface area contributed by atoms with Crippen molar-refractivity contribution in [1.82, 2.24) is 25.1 Å². The average molecular weight is 517 g/mol. The maximum atomic E-state index is 13.5. The summed E-state index contributed by atoms with van der Waals surface area (Å²) in [6.07, 6.45) is -7.00. The molecule has 13 heteroatoms. The lowest BCUT2D eigenvalue weighted by Crippen LogP contribution is -2.34. The number of hydrogen-bond donors (Lipinski definition) is 1. The SMILES string of the molecule is O=C1c2cc(-c3nnc(C(F)F)o3)ccc2CN1C(c1ccccn1)C(O)c1ccc(C(F)(F)F)cn1. The molecule has 190 valence electrons. The number of aliphatic hydroxyl groups excluding tert-OH is 1. The highest BCUT2D eigenvalue weighted by Crippen LogP contribution is 2.39. The summed E-state index contributed by atoms with van der Waals surface area (Å²) in [5.41, 5.74) is 0.243. The zero-order valence-electron chi connectivity index (χ0n) is 18.6. The summed E-state index contributed by atoms with van der Waals surface area (Å²) in [5.74, 6) is -1.57. The van der Waals surface area contributed by atoms with Gasteiger partial charge in [0.15, 0.2) is 0 Å². The molecule has 0 fully saturated rings. The molecule has 0 bridgehead atoms. The largest absolute Gasteiger partial charge is 0.417 e. The van der Waals surface area contributed by atoms with Crippen LogP contribution < -0.4 is 0 Å². The van der Waals surface area contributed by atoms with Crippen LogP contribution >= 0.6 is 0 Å². The van der Waals surface area contributed by atoms with Gasteiger partial charge in [0.25, 0.3) is 11.8 Å². The standard InChI is InChI=1S/C24H16F5N5O3/c25-20(26)22-33-32-21(37-22)12-4-5-13-11-34(23(36)15(13)9-12)18(16-3-1-2-8-30-16)19(35)17-7-6-14(10-31-17)24(27,28)29/h1-10,18-20,35H,11H2. The van der Waals surface area contributed by atoms with Gasteiger partial charge in [0.1, 0.15) is 12.1 Å². The second-order valence-corrected chi connectivity index (χ2v) is 8.16. The maximum Gasteiger partial charge on any atom is 0.417 e. The van der Waals surface area contributed by atoms with Crippen molar-refractivity contribution in [3.05, 3.63) is 94.9 Å². The first-order chi connectivity index (χ1) is 17.6. The van der Waals surface area contributed by atoms with Crippen molar-refractivity contribution in [2.45, 2.75) is 31.3 Å². The maximum absolute atomic E-state index is 13.5. The number of halogens is 5. The third-order valence-electron chi connectivity index (χ3n) is 5.86. The van der Waals surface area contributed by atoms with Crippen LogP contribution in [-0.2, 0) is 12.7 Å². The van der Waals surface area contributed by atoms with E-state index in [1.807, 2.05) is 0 Å². The van der Waals surface area contributed by atoms with E-state index in [0.29, 0.717) is 11.8 Å². The highest BCUT2D eigenvalue weighted by Gasteiger charge is 2.40. The molecule has 3 aromatic heterocycles. The van der Waals surface area contributed by atoms with Crippen molar-refractivity contribution < 1.29 is 36.3 Å². The number of fused-ring (bicyclic) bond motifs is 1. The molecule has 4 aromatic rings. The van der Waals surface area contributed by atoms with Crippen molar-refractivity contribution >= 4 is 5.91 Å². The van der Waals surface area contributed by atoms with E-state index in [-0.39, 0.29) is 35.0 Å². The van der Waals surface area contributed by atoms with Gasteiger partial charge in [-0.3, -0.25) is 14.8 Å². The Bertz CT molecular complexity index is 1430. The van der Waals surface area contributed by atoms with E-state index in [9.17, 15) is 31.9 Å². The van der Waals surface area contributed by atoms with Crippen LogP contribution in [0.25, 0.3) is 11.5 Å². The molecular weight excluding hydrogens is 501 g/mol. The number of rotatable bonds is 6. The summed E-state index contributed by atoms with van der Waals surface area (Å²) in [5, 5.41) is 18.1. The van der Waals surface area contributed by atoms with Gasteiger partial charge in [-0.2, -0.15) is 22.0 Å². The van der Waals surface area contributed by atoms with Crippen LogP contribution in [0.3, 0.4) is 0 Å². The Morgan fingerprint density at radius 1 is 1.00 bits per heavy atom. The predicted molar refractivity (Wildman–Crippen MR) is 116 cm³/mol. The van der Waals surface area contributed by atoms with Crippen LogP contribution in [0.2, 0.25) is 0 Å². The molecule has 2 atom stereocenters. The number of alkyl halides is 5. The minimum atomic E-state index is -4.60. The van der Waals surface area contributed by atoms with E-state index < -0.39 is 42.1 Å². The lowest BCUT2D eigenvalue weighted by molar-refractivity contribution is -0.137. The summed E-state index contributed by atoms with van der Waals surface area (Å²) in [4.78, 5) is 22.8. The molecule has 1 N–H and O–H groups in total. The topological polar surface area (TPSA) is 105 Å². The molecule has 1 aromatic carbocycles. The Morgan fingerprint density at radius 2 is 1.81 bits per heavy atom. The number of hydrogen-bond acceptors (Lipinski definition) is 7. The smallest absolute Gasteiger partial charge is 0.415 e. The van der Waals surface area contributed by atoms with E-state index in [1.54, 1.807) is 24.3 Å². The lowest BCUT2D eigenvalue weighted by Gasteiger charge is -2.31. The van der Waals surface area contributed by atoms with Gasteiger partial charge >= 0.3 is 12.6 Å². The van der Waals surface area contributed by atoms with Gasteiger partial charge < -0.3 is 14.4 Å². The molecule has 4 heterocycles. The summed E-state index contributed by atoms with van der Waals surface area (Å²) in [7, 11) is 0. The first kappa shape index (κ1) is 24.4. The van der Waals surface area contributed by atoms with Crippen molar-refractivity contribution in [1.29, 1.82) is 0 Å². The Kier molecular flexibility index (Phi) is 6.15. The van der Waals surface area contributed by atoms with Crippen LogP contribution in [0.5, 0.6) is 0 Å². The number of pyridine rings is 2. The third-order valence-corrected chi connectivity index (χ3v) is 5.86. The van der Waals surface area contributed by atoms with E-state index >= 15 is 0 Å². The van der Waals surface area contributed by atoms with Gasteiger partial charge in [-0.25, -0.2) is 0 Å². The molecular formula is C24H16F5N5O3. The molecule has 1 aliphatic heterocycles. The van der Waals surface area contributed by atoms with E-state index in [1.165, 1.54) is 23.2 Å². The van der Waals surface area contributed by atoms with Crippen LogP contribution in [0.15, 0.2) is 65.3 Å². The van der Waals surface area contributed by atoms with Crippen molar-refractivity contribution in [2.75, 3.05) is 0 Å². The van der Waals surface area contributed by atoms with Gasteiger partial charge in [-0.1, -0.05) is 12.1 Å². The Morgan fingerprint density at radius 3 is 2.43 bits per heavy atom. The van der Waals surface area contributed by atoms with E-state index in [2.05, 4.69) is 20.2 Å². The highest BCUT2D eigenvalue weighted by atomic mass is 19.4. The molecule has 1 aliphatic rings. The number of nitrogens with zero attached hydrogens (tertiary/aromatic N) is 5. The summed E-state index contributed by atoms with van der Waals surface area (Å²) < 4.78 is 69.5. The minimum absolute atomic E-state index is 0.0412. The summed E-state index contributed by atoms with van der Waals surface area (Å²) in [6.45, 7) is 0.0412. The fourth-order valence-electron chi connectivity index (χ4n) is 4.07. The molecule has 2 unspecified atom stereocenters. The number of amides is 1. The molecule has 0 aliphatic carbocycles. The zero-order valence-corrected chi connectivity index (χ0v) is 18.6. The number of carbonyl (C=O) groups is 1. The second-order valence-electron chi connectivity index (χ2n) is 8.16. The normalized spacial score (nSPS) is 15.2. The van der Waals surface area contributed by atoms with Crippen LogP contribution in [0.4, 0.5) is 22.0 Å². The predicted octanol–water partition coefficient (Wildman–Crippen LogP) is 4.91. The Hall–Kier alpha value is -4.26. The van der Waals surface area contributed by atoms with Crippen molar-refractivity contribution in [3.63, 3.8) is 0 Å². The monoisotopic (exact) mass is 517 g/mol. The molecule has 1 amide bonds. The number of aromatic nitrogens is 4. The fourth-order valence-corrected chi connectivity index (χ4v) is 4.07. The average Bonchev–Trinajstić information content (AvgIpc) is 3.50. The fraction of sp³-hybridized carbons (Fsp3) is 0.208. The highest BCUT2D eigenvalue weighted by molar-refractivity contribution is 5.99. The molecule has 0 saturated carbocycles. The van der Waals surface area contributed by atoms with Crippen molar-refractivity contribution in [2.24, 2.45) is 0 Å². The molecule has 0 saturated heterocycles. The van der Waals surface area contributed by atoms with Gasteiger partial charge in [-0.05, 0) is 42.0 Å². The molecule has 5 rings (SSSR count). The van der Waals surface area contributed by atoms with Gasteiger partial charge in [0.2, 0.25) is 5.89 Å². The van der Waals surface area contributed by atoms with Crippen LogP contribution in [0.1, 0.15) is 57.3 Å². The van der Waals surface area contributed by atoms with Gasteiger partial charge in [0, 0.05) is 30.1 Å². The zero-order chi connectivity index (χ0) is 26.3. The molecule has 37 heavy (non-hydrogen) atoms. The summed E-state index contributed by atoms with van der Waals surface area (Å²) >= 11 is 0. The molecule has 0 spiro atoms. The number of benzene rings is 1. The molecule has 0 radical (unpaired) electrons. The van der Waals surface area contributed by atoms with Gasteiger partial charge in [-0.15, -0.1) is 10.2 Å². The van der Waals surface area contributed by atoms with Crippen molar-refractivity contribution in [3.8, 4) is 11.5 Å². The number of carbonyl (C=O) groups excluding carboxylic acids is 1. The number of aliphatic hydroxyl groups is 1. The van der Waals surface area contributed by atoms with Gasteiger partial charge in [0.05, 0.1) is 17.0 Å². The Labute approximate surface area is 205 Å². The minimum Gasteiger partial charge on any atom is -0.415 e. The lowest BCUT2D eigenvalue weighted by atomic mass is 10.0.